The van der Waals surface area contributed by atoms with Crippen LogP contribution in [-0.2, 0) is 0 Å². The van der Waals surface area contributed by atoms with Crippen molar-refractivity contribution in [2.24, 2.45) is 0 Å². The molecule has 4 rings (SSSR count). The summed E-state index contributed by atoms with van der Waals surface area (Å²) in [6.07, 6.45) is 0. The van der Waals surface area contributed by atoms with Crippen LogP contribution in [-0.4, -0.2) is 32.4 Å². The molecule has 0 aliphatic carbocycles. The van der Waals surface area contributed by atoms with Crippen LogP contribution < -0.4 is 0 Å². The lowest BCUT2D eigenvalue weighted by atomic mass is 10.0. The smallest absolute Gasteiger partial charge is 0.339 e. The summed E-state index contributed by atoms with van der Waals surface area (Å²) < 4.78 is 53.0. The second-order valence-electron chi connectivity index (χ2n) is 7.44. The summed E-state index contributed by atoms with van der Waals surface area (Å²) in [4.78, 5) is 21.8. The molecular formula is C26H15F4IO6. The van der Waals surface area contributed by atoms with Crippen molar-refractivity contribution in [1.29, 1.82) is 0 Å². The summed E-state index contributed by atoms with van der Waals surface area (Å²) in [6.45, 7) is 0. The van der Waals surface area contributed by atoms with E-state index in [4.69, 9.17) is 10.2 Å². The molecule has 0 radical (unpaired) electrons. The van der Waals surface area contributed by atoms with Crippen LogP contribution in [0.4, 0.5) is 17.6 Å². The van der Waals surface area contributed by atoms with E-state index in [0.29, 0.717) is 6.07 Å². The first-order chi connectivity index (χ1) is 17.4. The number of aromatic carboxylic acids is 2. The lowest BCUT2D eigenvalue weighted by molar-refractivity contribution is 0.0682. The molecule has 0 spiro atoms. The molecule has 0 fully saturated rings. The fourth-order valence-corrected chi connectivity index (χ4v) is 3.87. The number of hydrogen-bond acceptors (Lipinski definition) is 4. The van der Waals surface area contributed by atoms with E-state index in [1.165, 1.54) is 24.3 Å². The highest BCUT2D eigenvalue weighted by molar-refractivity contribution is 14.1. The van der Waals surface area contributed by atoms with E-state index in [2.05, 4.69) is 0 Å². The lowest BCUT2D eigenvalue weighted by Crippen LogP contribution is -1.99. The van der Waals surface area contributed by atoms with E-state index >= 15 is 0 Å². The molecule has 0 unspecified atom stereocenters. The average molecular weight is 626 g/mol. The second-order valence-corrected chi connectivity index (χ2v) is 8.61. The van der Waals surface area contributed by atoms with Crippen molar-refractivity contribution >= 4 is 34.5 Å². The molecule has 190 valence electrons. The maximum absolute atomic E-state index is 13.6. The molecule has 0 atom stereocenters. The first kappa shape index (κ1) is 27.5. The van der Waals surface area contributed by atoms with Gasteiger partial charge in [-0.25, -0.2) is 27.2 Å². The van der Waals surface area contributed by atoms with Crippen LogP contribution in [0, 0.1) is 26.8 Å². The molecule has 0 bridgehead atoms. The zero-order valence-electron chi connectivity index (χ0n) is 18.3. The van der Waals surface area contributed by atoms with Gasteiger partial charge in [-0.2, -0.15) is 0 Å². The van der Waals surface area contributed by atoms with Gasteiger partial charge >= 0.3 is 11.9 Å². The number of aromatic hydroxyl groups is 2. The van der Waals surface area contributed by atoms with Gasteiger partial charge in [0.15, 0.2) is 0 Å². The number of hydrogen-bond donors (Lipinski definition) is 4. The fraction of sp³-hybridized carbons (Fsp3) is 0. The Bertz CT molecular complexity index is 1520. The largest absolute Gasteiger partial charge is 0.507 e. The molecule has 37 heavy (non-hydrogen) atoms. The van der Waals surface area contributed by atoms with Gasteiger partial charge in [-0.1, -0.05) is 6.07 Å². The van der Waals surface area contributed by atoms with Crippen LogP contribution in [0.5, 0.6) is 11.5 Å². The third-order valence-electron chi connectivity index (χ3n) is 5.01. The second kappa shape index (κ2) is 11.3. The van der Waals surface area contributed by atoms with Crippen molar-refractivity contribution in [1.82, 2.24) is 0 Å². The Labute approximate surface area is 220 Å². The van der Waals surface area contributed by atoms with E-state index in [1.54, 1.807) is 22.6 Å². The Morgan fingerprint density at radius 1 is 0.622 bits per heavy atom. The molecule has 0 aliphatic heterocycles. The highest BCUT2D eigenvalue weighted by atomic mass is 127. The van der Waals surface area contributed by atoms with Crippen LogP contribution in [0.1, 0.15) is 20.7 Å². The van der Waals surface area contributed by atoms with Gasteiger partial charge in [-0.3, -0.25) is 0 Å². The van der Waals surface area contributed by atoms with Gasteiger partial charge < -0.3 is 20.4 Å². The quantitative estimate of drug-likeness (QED) is 0.149. The Balaban J connectivity index is 0.000000206. The van der Waals surface area contributed by atoms with E-state index < -0.39 is 41.0 Å². The van der Waals surface area contributed by atoms with E-state index in [-0.39, 0.29) is 42.7 Å². The minimum absolute atomic E-state index is 0.0684. The van der Waals surface area contributed by atoms with Crippen molar-refractivity contribution in [2.75, 3.05) is 0 Å². The topological polar surface area (TPSA) is 115 Å². The van der Waals surface area contributed by atoms with Crippen molar-refractivity contribution < 1.29 is 47.6 Å². The Morgan fingerprint density at radius 2 is 1.11 bits per heavy atom. The highest BCUT2D eigenvalue weighted by Gasteiger charge is 2.17. The summed E-state index contributed by atoms with van der Waals surface area (Å²) in [5, 5.41) is 36.7. The maximum atomic E-state index is 13.6. The summed E-state index contributed by atoms with van der Waals surface area (Å²) in [7, 11) is 0. The molecule has 4 aromatic rings. The SMILES string of the molecule is O=C(O)c1cc(-c2ccc(F)cc2F)cc(I)c1O.O=C(O)c1cc(-c2ccc(F)cc2F)ccc1O. The molecule has 0 saturated heterocycles. The van der Waals surface area contributed by atoms with Crippen LogP contribution in [0.25, 0.3) is 22.3 Å². The molecule has 6 nitrogen and oxygen atoms in total. The average Bonchev–Trinajstić information content (AvgIpc) is 2.81. The Hall–Kier alpha value is -4.13. The van der Waals surface area contributed by atoms with E-state index in [9.17, 15) is 37.4 Å². The van der Waals surface area contributed by atoms with Crippen molar-refractivity contribution in [2.45, 2.75) is 0 Å². The van der Waals surface area contributed by atoms with Crippen LogP contribution in [0.15, 0.2) is 66.7 Å². The van der Waals surface area contributed by atoms with Crippen LogP contribution in [0.2, 0.25) is 0 Å². The molecule has 0 saturated carbocycles. The van der Waals surface area contributed by atoms with Gasteiger partial charge in [0, 0.05) is 23.3 Å². The molecule has 0 amide bonds. The summed E-state index contributed by atoms with van der Waals surface area (Å²) >= 11 is 1.74. The first-order valence-electron chi connectivity index (χ1n) is 10.1. The maximum Gasteiger partial charge on any atom is 0.339 e. The van der Waals surface area contributed by atoms with Gasteiger partial charge in [-0.15, -0.1) is 0 Å². The van der Waals surface area contributed by atoms with Crippen molar-refractivity contribution in [3.05, 3.63) is 105 Å². The van der Waals surface area contributed by atoms with Crippen LogP contribution in [0.3, 0.4) is 0 Å². The molecule has 0 heterocycles. The van der Waals surface area contributed by atoms with Gasteiger partial charge in [0.1, 0.15) is 45.9 Å². The minimum Gasteiger partial charge on any atom is -0.507 e. The third kappa shape index (κ3) is 6.36. The standard InChI is InChI=1S/C13H7F2IO3.C13H8F2O3/c14-7-1-2-8(10(15)5-7)6-3-9(13(18)19)12(17)11(16)4-6;14-8-2-3-9(11(15)6-8)7-1-4-12(16)10(5-7)13(17)18/h1-5,17H,(H,18,19);1-6,16H,(H,17,18). The first-order valence-corrected chi connectivity index (χ1v) is 11.2. The highest BCUT2D eigenvalue weighted by Crippen LogP contribution is 2.32. The predicted molar refractivity (Wildman–Crippen MR) is 134 cm³/mol. The summed E-state index contributed by atoms with van der Waals surface area (Å²) in [5.41, 5.74) is -0.0117. The number of benzene rings is 4. The van der Waals surface area contributed by atoms with Gasteiger partial charge in [0.2, 0.25) is 0 Å². The molecule has 0 aliphatic rings. The third-order valence-corrected chi connectivity index (χ3v) is 5.83. The summed E-state index contributed by atoms with van der Waals surface area (Å²) in [5.74, 6) is -6.44. The number of rotatable bonds is 4. The monoisotopic (exact) mass is 626 g/mol. The zero-order chi connectivity index (χ0) is 27.4. The lowest BCUT2D eigenvalue weighted by Gasteiger charge is -2.08. The Kier molecular flexibility index (Phi) is 8.38. The zero-order valence-corrected chi connectivity index (χ0v) is 20.5. The van der Waals surface area contributed by atoms with Gasteiger partial charge in [0.25, 0.3) is 0 Å². The van der Waals surface area contributed by atoms with Gasteiger partial charge in [0.05, 0.1) is 3.57 Å². The van der Waals surface area contributed by atoms with Crippen molar-refractivity contribution in [3.8, 4) is 33.8 Å². The number of carbonyl (C=O) groups is 2. The van der Waals surface area contributed by atoms with E-state index in [1.807, 2.05) is 0 Å². The number of phenols is 2. The number of halogens is 5. The molecule has 4 aromatic carbocycles. The minimum atomic E-state index is -1.32. The molecule has 0 aromatic heterocycles. The van der Waals surface area contributed by atoms with Crippen LogP contribution >= 0.6 is 22.6 Å². The number of carboxylic acids is 2. The molecule has 11 heteroatoms. The fourth-order valence-electron chi connectivity index (χ4n) is 3.24. The van der Waals surface area contributed by atoms with Gasteiger partial charge in [-0.05, 0) is 82.2 Å². The predicted octanol–water partition coefficient (Wildman–Crippen LogP) is 6.68. The summed E-state index contributed by atoms with van der Waals surface area (Å²) in [6, 6.07) is 12.2. The number of carboxylic acid groups (broad SMARTS) is 2. The van der Waals surface area contributed by atoms with E-state index in [0.717, 1.165) is 36.4 Å². The normalized spacial score (nSPS) is 10.4. The Morgan fingerprint density at radius 3 is 1.59 bits per heavy atom. The van der Waals surface area contributed by atoms with Crippen molar-refractivity contribution in [3.63, 3.8) is 0 Å². The molecular weight excluding hydrogens is 611 g/mol. The molecule has 4 N–H and O–H groups in total.